The molecule has 1 aliphatic rings. The summed E-state index contributed by atoms with van der Waals surface area (Å²) in [5, 5.41) is 1.33. The van der Waals surface area contributed by atoms with E-state index in [1.165, 1.54) is 12.1 Å². The van der Waals surface area contributed by atoms with Gasteiger partial charge < -0.3 is 9.47 Å². The average molecular weight is 641 g/mol. The molecule has 0 bridgehead atoms. The standard InChI is InChI=1S/C30H20BrClFNO5S/c1-2-38-25-13-17(14-26-28(35)34(30(37)40-26)16-19-10-11-20(33)15-24(19)32)12-23(31)27(25)39-29(36)22-9-5-7-18-6-3-4-8-21(18)22/h3-15H,2,16H2,1H3/b26-14-. The van der Waals surface area contributed by atoms with E-state index >= 15 is 0 Å². The number of carbonyl (C=O) groups excluding carboxylic acids is 3. The molecule has 1 saturated heterocycles. The molecule has 4 aromatic rings. The maximum Gasteiger partial charge on any atom is 0.344 e. The van der Waals surface area contributed by atoms with Gasteiger partial charge in [-0.2, -0.15) is 0 Å². The van der Waals surface area contributed by atoms with Gasteiger partial charge in [-0.3, -0.25) is 14.5 Å². The first-order chi connectivity index (χ1) is 19.2. The molecule has 5 rings (SSSR count). The van der Waals surface area contributed by atoms with Crippen molar-refractivity contribution < 1.29 is 28.2 Å². The summed E-state index contributed by atoms with van der Waals surface area (Å²) in [6, 6.07) is 20.0. The summed E-state index contributed by atoms with van der Waals surface area (Å²) in [6.07, 6.45) is 1.56. The van der Waals surface area contributed by atoms with E-state index in [0.29, 0.717) is 27.8 Å². The predicted molar refractivity (Wildman–Crippen MR) is 157 cm³/mol. The van der Waals surface area contributed by atoms with E-state index in [1.807, 2.05) is 30.3 Å². The number of nitrogens with zero attached hydrogens (tertiary/aromatic N) is 1. The summed E-state index contributed by atoms with van der Waals surface area (Å²) in [5.74, 6) is -1.09. The maximum atomic E-state index is 13.4. The van der Waals surface area contributed by atoms with Gasteiger partial charge in [-0.15, -0.1) is 0 Å². The minimum absolute atomic E-state index is 0.0853. The molecule has 2 amide bonds. The van der Waals surface area contributed by atoms with E-state index in [-0.39, 0.29) is 28.0 Å². The van der Waals surface area contributed by atoms with Crippen LogP contribution in [0, 0.1) is 5.82 Å². The molecule has 1 aliphatic heterocycles. The fourth-order valence-corrected chi connectivity index (χ4v) is 5.80. The van der Waals surface area contributed by atoms with Crippen LogP contribution in [0.25, 0.3) is 16.8 Å². The SMILES string of the molecule is CCOc1cc(/C=C2\SC(=O)N(Cc3ccc(F)cc3Cl)C2=O)cc(Br)c1OC(=O)c1cccc2ccccc12. The van der Waals surface area contributed by atoms with Gasteiger partial charge in [-0.05, 0) is 92.9 Å². The lowest BCUT2D eigenvalue weighted by atomic mass is 10.0. The Morgan fingerprint density at radius 3 is 2.62 bits per heavy atom. The summed E-state index contributed by atoms with van der Waals surface area (Å²) in [4.78, 5) is 40.1. The molecule has 10 heteroatoms. The van der Waals surface area contributed by atoms with Gasteiger partial charge >= 0.3 is 5.97 Å². The average Bonchev–Trinajstić information content (AvgIpc) is 3.19. The van der Waals surface area contributed by atoms with E-state index in [4.69, 9.17) is 21.1 Å². The molecular formula is C30H20BrClFNO5S. The first-order valence-electron chi connectivity index (χ1n) is 12.1. The van der Waals surface area contributed by atoms with Crippen LogP contribution in [0.2, 0.25) is 5.02 Å². The van der Waals surface area contributed by atoms with Crippen LogP contribution in [0.1, 0.15) is 28.4 Å². The van der Waals surface area contributed by atoms with Gasteiger partial charge in [0.15, 0.2) is 11.5 Å². The zero-order valence-electron chi connectivity index (χ0n) is 21.0. The number of halogens is 3. The molecule has 0 N–H and O–H groups in total. The third-order valence-corrected chi connectivity index (χ3v) is 7.90. The Morgan fingerprint density at radius 1 is 1.07 bits per heavy atom. The number of esters is 1. The topological polar surface area (TPSA) is 72.9 Å². The third-order valence-electron chi connectivity index (χ3n) is 6.05. The monoisotopic (exact) mass is 639 g/mol. The number of hydrogen-bond donors (Lipinski definition) is 0. The molecule has 0 spiro atoms. The predicted octanol–water partition coefficient (Wildman–Crippen LogP) is 8.25. The molecule has 0 radical (unpaired) electrons. The molecule has 0 atom stereocenters. The highest BCUT2D eigenvalue weighted by molar-refractivity contribution is 9.10. The van der Waals surface area contributed by atoms with Crippen molar-refractivity contribution in [1.82, 2.24) is 4.90 Å². The van der Waals surface area contributed by atoms with Crippen LogP contribution in [0.3, 0.4) is 0 Å². The molecule has 202 valence electrons. The van der Waals surface area contributed by atoms with Gasteiger partial charge in [-0.25, -0.2) is 9.18 Å². The zero-order chi connectivity index (χ0) is 28.4. The number of fused-ring (bicyclic) bond motifs is 1. The Morgan fingerprint density at radius 2 is 1.85 bits per heavy atom. The fraction of sp³-hybridized carbons (Fsp3) is 0.100. The Labute approximate surface area is 246 Å². The second kappa shape index (κ2) is 11.8. The van der Waals surface area contributed by atoms with Gasteiger partial charge in [0.05, 0.1) is 28.1 Å². The number of ether oxygens (including phenoxy) is 2. The highest BCUT2D eigenvalue weighted by atomic mass is 79.9. The lowest BCUT2D eigenvalue weighted by Crippen LogP contribution is -2.27. The van der Waals surface area contributed by atoms with Crippen molar-refractivity contribution in [3.05, 3.63) is 110 Å². The lowest BCUT2D eigenvalue weighted by molar-refractivity contribution is -0.123. The second-order valence-electron chi connectivity index (χ2n) is 8.68. The molecule has 6 nitrogen and oxygen atoms in total. The van der Waals surface area contributed by atoms with Gasteiger partial charge in [0.2, 0.25) is 0 Å². The van der Waals surface area contributed by atoms with Crippen LogP contribution in [-0.2, 0) is 11.3 Å². The molecule has 0 unspecified atom stereocenters. The van der Waals surface area contributed by atoms with Crippen LogP contribution in [0.5, 0.6) is 11.5 Å². The van der Waals surface area contributed by atoms with Crippen molar-refractivity contribution in [2.24, 2.45) is 0 Å². The Bertz CT molecular complexity index is 1700. The van der Waals surface area contributed by atoms with Crippen molar-refractivity contribution in [3.63, 3.8) is 0 Å². The second-order valence-corrected chi connectivity index (χ2v) is 10.9. The van der Waals surface area contributed by atoms with Crippen molar-refractivity contribution in [2.75, 3.05) is 6.61 Å². The zero-order valence-corrected chi connectivity index (χ0v) is 24.1. The molecule has 40 heavy (non-hydrogen) atoms. The van der Waals surface area contributed by atoms with E-state index in [9.17, 15) is 18.8 Å². The molecule has 0 aromatic heterocycles. The van der Waals surface area contributed by atoms with Crippen LogP contribution < -0.4 is 9.47 Å². The number of benzene rings is 4. The van der Waals surface area contributed by atoms with Gasteiger partial charge in [0.1, 0.15) is 5.82 Å². The van der Waals surface area contributed by atoms with Crippen LogP contribution in [0.15, 0.2) is 82.2 Å². The van der Waals surface area contributed by atoms with Crippen molar-refractivity contribution in [3.8, 4) is 11.5 Å². The third kappa shape index (κ3) is 5.77. The Hall–Kier alpha value is -3.66. The highest BCUT2D eigenvalue weighted by Gasteiger charge is 2.35. The molecule has 0 aliphatic carbocycles. The normalized spacial score (nSPS) is 14.3. The molecule has 0 saturated carbocycles. The van der Waals surface area contributed by atoms with Crippen molar-refractivity contribution in [2.45, 2.75) is 13.5 Å². The Balaban J connectivity index is 1.41. The van der Waals surface area contributed by atoms with Crippen LogP contribution in [0.4, 0.5) is 9.18 Å². The fourth-order valence-electron chi connectivity index (χ4n) is 4.19. The Kier molecular flexibility index (Phi) is 8.25. The number of amides is 2. The van der Waals surface area contributed by atoms with Gasteiger partial charge in [0, 0.05) is 5.02 Å². The molecule has 1 fully saturated rings. The van der Waals surface area contributed by atoms with E-state index in [2.05, 4.69) is 15.9 Å². The first-order valence-corrected chi connectivity index (χ1v) is 14.1. The van der Waals surface area contributed by atoms with Crippen molar-refractivity contribution >= 4 is 73.3 Å². The highest BCUT2D eigenvalue weighted by Crippen LogP contribution is 2.40. The number of imide groups is 1. The van der Waals surface area contributed by atoms with Gasteiger partial charge in [-0.1, -0.05) is 54.1 Å². The summed E-state index contributed by atoms with van der Waals surface area (Å²) >= 11 is 10.3. The van der Waals surface area contributed by atoms with E-state index < -0.39 is 22.9 Å². The molecular weight excluding hydrogens is 621 g/mol. The number of thioether (sulfide) groups is 1. The summed E-state index contributed by atoms with van der Waals surface area (Å²) in [6.45, 7) is 2.00. The van der Waals surface area contributed by atoms with Crippen LogP contribution >= 0.6 is 39.3 Å². The number of hydrogen-bond acceptors (Lipinski definition) is 6. The van der Waals surface area contributed by atoms with Crippen LogP contribution in [-0.4, -0.2) is 28.6 Å². The van der Waals surface area contributed by atoms with E-state index in [0.717, 1.165) is 33.5 Å². The lowest BCUT2D eigenvalue weighted by Gasteiger charge is -2.15. The molecule has 4 aromatic carbocycles. The number of carbonyl (C=O) groups is 3. The number of rotatable bonds is 7. The first kappa shape index (κ1) is 27.9. The van der Waals surface area contributed by atoms with Crippen molar-refractivity contribution in [1.29, 1.82) is 0 Å². The summed E-state index contributed by atoms with van der Waals surface area (Å²) < 4.78 is 25.4. The smallest absolute Gasteiger partial charge is 0.344 e. The summed E-state index contributed by atoms with van der Waals surface area (Å²) in [7, 11) is 0. The quantitative estimate of drug-likeness (QED) is 0.115. The minimum atomic E-state index is -0.549. The largest absolute Gasteiger partial charge is 0.490 e. The van der Waals surface area contributed by atoms with Gasteiger partial charge in [0.25, 0.3) is 11.1 Å². The summed E-state index contributed by atoms with van der Waals surface area (Å²) in [5.41, 5.74) is 1.41. The molecule has 1 heterocycles. The van der Waals surface area contributed by atoms with E-state index in [1.54, 1.807) is 37.3 Å². The minimum Gasteiger partial charge on any atom is -0.490 e. The maximum absolute atomic E-state index is 13.4.